The van der Waals surface area contributed by atoms with Gasteiger partial charge in [-0.2, -0.15) is 0 Å². The molecule has 0 heterocycles. The van der Waals surface area contributed by atoms with Gasteiger partial charge in [0.2, 0.25) is 10.0 Å². The molecule has 3 nitrogen and oxygen atoms in total. The lowest BCUT2D eigenvalue weighted by atomic mass is 9.84. The van der Waals surface area contributed by atoms with E-state index in [-0.39, 0.29) is 6.04 Å². The Morgan fingerprint density at radius 2 is 1.83 bits per heavy atom. The summed E-state index contributed by atoms with van der Waals surface area (Å²) in [5.41, 5.74) is 1.07. The smallest absolute Gasteiger partial charge is 0.207 e. The molecule has 1 aliphatic carbocycles. The highest BCUT2D eigenvalue weighted by Crippen LogP contribution is 2.28. The van der Waals surface area contributed by atoms with Crippen LogP contribution < -0.4 is 4.72 Å². The SMILES string of the molecule is CCCC/C=C/C(NS(=O)(=O)c1ccc(C)cc1)C1CCCCC1. The third-order valence-corrected chi connectivity index (χ3v) is 6.32. The maximum Gasteiger partial charge on any atom is 0.241 e. The van der Waals surface area contributed by atoms with Crippen LogP contribution in [0, 0.1) is 12.8 Å². The number of allylic oxidation sites excluding steroid dienone is 1. The van der Waals surface area contributed by atoms with Gasteiger partial charge in [-0.1, -0.05) is 68.9 Å². The third kappa shape index (κ3) is 5.75. The molecule has 1 aromatic carbocycles. The fraction of sp³-hybridized carbons (Fsp3) is 0.600. The summed E-state index contributed by atoms with van der Waals surface area (Å²) >= 11 is 0. The second-order valence-corrected chi connectivity index (χ2v) is 8.64. The van der Waals surface area contributed by atoms with Crippen LogP contribution in [0.25, 0.3) is 0 Å². The quantitative estimate of drug-likeness (QED) is 0.532. The van der Waals surface area contributed by atoms with Crippen LogP contribution in [0.5, 0.6) is 0 Å². The Morgan fingerprint density at radius 3 is 2.46 bits per heavy atom. The third-order valence-electron chi connectivity index (χ3n) is 4.85. The maximum atomic E-state index is 12.7. The fourth-order valence-electron chi connectivity index (χ4n) is 3.32. The summed E-state index contributed by atoms with van der Waals surface area (Å²) in [6.45, 7) is 4.14. The molecular formula is C20H31NO2S. The summed E-state index contributed by atoms with van der Waals surface area (Å²) in [6, 6.07) is 6.99. The second kappa shape index (κ2) is 9.38. The zero-order valence-electron chi connectivity index (χ0n) is 15.0. The maximum absolute atomic E-state index is 12.7. The summed E-state index contributed by atoms with van der Waals surface area (Å²) in [4.78, 5) is 0.357. The first-order chi connectivity index (χ1) is 11.5. The van der Waals surface area contributed by atoms with Crippen molar-refractivity contribution in [3.63, 3.8) is 0 Å². The lowest BCUT2D eigenvalue weighted by Gasteiger charge is -2.29. The molecule has 134 valence electrons. The van der Waals surface area contributed by atoms with Gasteiger partial charge in [-0.15, -0.1) is 0 Å². The molecule has 0 amide bonds. The number of nitrogens with one attached hydrogen (secondary N) is 1. The van der Waals surface area contributed by atoms with Crippen LogP contribution >= 0.6 is 0 Å². The monoisotopic (exact) mass is 349 g/mol. The predicted molar refractivity (Wildman–Crippen MR) is 101 cm³/mol. The Kier molecular flexibility index (Phi) is 7.50. The minimum Gasteiger partial charge on any atom is -0.207 e. The van der Waals surface area contributed by atoms with Crippen molar-refractivity contribution < 1.29 is 8.42 Å². The number of unbranched alkanes of at least 4 members (excludes halogenated alkanes) is 2. The van der Waals surface area contributed by atoms with Crippen LogP contribution in [0.2, 0.25) is 0 Å². The first-order valence-corrected chi connectivity index (χ1v) is 10.8. The van der Waals surface area contributed by atoms with E-state index in [0.717, 1.165) is 37.7 Å². The van der Waals surface area contributed by atoms with E-state index >= 15 is 0 Å². The van der Waals surface area contributed by atoms with Crippen LogP contribution in [-0.4, -0.2) is 14.5 Å². The van der Waals surface area contributed by atoms with Gasteiger partial charge in [0.15, 0.2) is 0 Å². The highest BCUT2D eigenvalue weighted by Gasteiger charge is 2.26. The highest BCUT2D eigenvalue weighted by molar-refractivity contribution is 7.89. The van der Waals surface area contributed by atoms with E-state index in [0.29, 0.717) is 10.8 Å². The van der Waals surface area contributed by atoms with Crippen molar-refractivity contribution in [3.8, 4) is 0 Å². The van der Waals surface area contributed by atoms with E-state index in [9.17, 15) is 8.42 Å². The molecule has 1 atom stereocenters. The molecule has 1 aromatic rings. The summed E-state index contributed by atoms with van der Waals surface area (Å²) in [5, 5.41) is 0. The van der Waals surface area contributed by atoms with Gasteiger partial charge >= 0.3 is 0 Å². The van der Waals surface area contributed by atoms with E-state index in [1.54, 1.807) is 12.1 Å². The van der Waals surface area contributed by atoms with Gasteiger partial charge in [0.1, 0.15) is 0 Å². The summed E-state index contributed by atoms with van der Waals surface area (Å²) in [7, 11) is -3.47. The number of hydrogen-bond donors (Lipinski definition) is 1. The summed E-state index contributed by atoms with van der Waals surface area (Å²) in [6.07, 6.45) is 13.5. The molecule has 0 aromatic heterocycles. The minimum atomic E-state index is -3.47. The Balaban J connectivity index is 2.13. The molecule has 1 saturated carbocycles. The van der Waals surface area contributed by atoms with Crippen LogP contribution in [0.4, 0.5) is 0 Å². The Bertz CT molecular complexity index is 614. The van der Waals surface area contributed by atoms with Gasteiger partial charge in [-0.3, -0.25) is 0 Å². The van der Waals surface area contributed by atoms with Crippen molar-refractivity contribution in [2.45, 2.75) is 76.2 Å². The van der Waals surface area contributed by atoms with Crippen molar-refractivity contribution in [1.82, 2.24) is 4.72 Å². The van der Waals surface area contributed by atoms with E-state index in [1.807, 2.05) is 19.1 Å². The zero-order chi connectivity index (χ0) is 17.4. The van der Waals surface area contributed by atoms with Crippen molar-refractivity contribution in [2.24, 2.45) is 5.92 Å². The fourth-order valence-corrected chi connectivity index (χ4v) is 4.58. The number of sulfonamides is 1. The average molecular weight is 350 g/mol. The molecule has 24 heavy (non-hydrogen) atoms. The molecular weight excluding hydrogens is 318 g/mol. The molecule has 0 bridgehead atoms. The van der Waals surface area contributed by atoms with Gasteiger partial charge in [0, 0.05) is 6.04 Å². The molecule has 1 N–H and O–H groups in total. The molecule has 0 spiro atoms. The second-order valence-electron chi connectivity index (χ2n) is 6.93. The van der Waals surface area contributed by atoms with Crippen molar-refractivity contribution in [1.29, 1.82) is 0 Å². The van der Waals surface area contributed by atoms with Gasteiger partial charge in [0.25, 0.3) is 0 Å². The largest absolute Gasteiger partial charge is 0.241 e. The van der Waals surface area contributed by atoms with Gasteiger partial charge in [-0.25, -0.2) is 13.1 Å². The van der Waals surface area contributed by atoms with Gasteiger partial charge in [-0.05, 0) is 44.2 Å². The number of benzene rings is 1. The zero-order valence-corrected chi connectivity index (χ0v) is 15.8. The van der Waals surface area contributed by atoms with Crippen LogP contribution in [0.3, 0.4) is 0 Å². The normalized spacial score (nSPS) is 18.1. The van der Waals surface area contributed by atoms with Crippen molar-refractivity contribution in [2.75, 3.05) is 0 Å². The molecule has 1 aliphatic rings. The molecule has 4 heteroatoms. The summed E-state index contributed by atoms with van der Waals surface area (Å²) < 4.78 is 28.4. The first-order valence-electron chi connectivity index (χ1n) is 9.28. The predicted octanol–water partition coefficient (Wildman–Crippen LogP) is 4.97. The Morgan fingerprint density at radius 1 is 1.17 bits per heavy atom. The Labute approximate surface area is 147 Å². The van der Waals surface area contributed by atoms with E-state index in [1.165, 1.54) is 19.3 Å². The van der Waals surface area contributed by atoms with Gasteiger partial charge < -0.3 is 0 Å². The molecule has 2 rings (SSSR count). The number of hydrogen-bond acceptors (Lipinski definition) is 2. The molecule has 0 radical (unpaired) electrons. The molecule has 0 aliphatic heterocycles. The van der Waals surface area contributed by atoms with Crippen molar-refractivity contribution in [3.05, 3.63) is 42.0 Å². The topological polar surface area (TPSA) is 46.2 Å². The van der Waals surface area contributed by atoms with E-state index in [2.05, 4.69) is 23.8 Å². The Hall–Kier alpha value is -1.13. The average Bonchev–Trinajstić information content (AvgIpc) is 2.59. The summed E-state index contributed by atoms with van der Waals surface area (Å²) in [5.74, 6) is 0.414. The lowest BCUT2D eigenvalue weighted by molar-refractivity contribution is 0.319. The highest BCUT2D eigenvalue weighted by atomic mass is 32.2. The minimum absolute atomic E-state index is 0.0894. The van der Waals surface area contributed by atoms with E-state index < -0.39 is 10.0 Å². The standard InChI is InChI=1S/C20H31NO2S/c1-3-4-5-9-12-20(18-10-7-6-8-11-18)21-24(22,23)19-15-13-17(2)14-16-19/h9,12-16,18,20-21H,3-8,10-11H2,1-2H3/b12-9+. The van der Waals surface area contributed by atoms with Crippen LogP contribution in [0.1, 0.15) is 63.9 Å². The number of rotatable bonds is 8. The molecule has 0 saturated heterocycles. The van der Waals surface area contributed by atoms with Crippen LogP contribution in [0.15, 0.2) is 41.3 Å². The van der Waals surface area contributed by atoms with Crippen molar-refractivity contribution >= 4 is 10.0 Å². The molecule has 1 unspecified atom stereocenters. The number of aryl methyl sites for hydroxylation is 1. The van der Waals surface area contributed by atoms with E-state index in [4.69, 9.17) is 0 Å². The van der Waals surface area contributed by atoms with Crippen LogP contribution in [-0.2, 0) is 10.0 Å². The lowest BCUT2D eigenvalue weighted by Crippen LogP contribution is -2.39. The van der Waals surface area contributed by atoms with Gasteiger partial charge in [0.05, 0.1) is 4.90 Å². The first kappa shape index (κ1) is 19.2. The molecule has 1 fully saturated rings.